The van der Waals surface area contributed by atoms with Gasteiger partial charge >= 0.3 is 0 Å². The summed E-state index contributed by atoms with van der Waals surface area (Å²) in [6.07, 6.45) is 2.70. The maximum atomic E-state index is 4.46. The molecule has 2 rings (SSSR count). The van der Waals surface area contributed by atoms with E-state index >= 15 is 0 Å². The van der Waals surface area contributed by atoms with Crippen molar-refractivity contribution in [3.63, 3.8) is 0 Å². The zero-order valence-corrected chi connectivity index (χ0v) is 13.6. The highest BCUT2D eigenvalue weighted by molar-refractivity contribution is 5.67. The van der Waals surface area contributed by atoms with Gasteiger partial charge in [0.15, 0.2) is 0 Å². The third kappa shape index (κ3) is 3.51. The molecular formula is C17H24N4. The minimum Gasteiger partial charge on any atom is -0.370 e. The molecule has 21 heavy (non-hydrogen) atoms. The first-order valence-electron chi connectivity index (χ1n) is 7.40. The molecule has 0 atom stereocenters. The fraction of sp³-hybridized carbons (Fsp3) is 0.412. The Kier molecular flexibility index (Phi) is 4.78. The van der Waals surface area contributed by atoms with Crippen molar-refractivity contribution in [1.82, 2.24) is 9.97 Å². The lowest BCUT2D eigenvalue weighted by molar-refractivity contribution is 0.954. The molecule has 0 aliphatic rings. The van der Waals surface area contributed by atoms with Crippen LogP contribution in [0.2, 0.25) is 0 Å². The van der Waals surface area contributed by atoms with E-state index in [0.29, 0.717) is 0 Å². The van der Waals surface area contributed by atoms with Crippen LogP contribution in [0.5, 0.6) is 0 Å². The summed E-state index contributed by atoms with van der Waals surface area (Å²) in [5.74, 6) is 1.85. The summed E-state index contributed by atoms with van der Waals surface area (Å²) in [5.41, 5.74) is 4.74. The van der Waals surface area contributed by atoms with Gasteiger partial charge in [0, 0.05) is 24.8 Å². The summed E-state index contributed by atoms with van der Waals surface area (Å²) in [5, 5.41) is 3.35. The smallest absolute Gasteiger partial charge is 0.141 e. The summed E-state index contributed by atoms with van der Waals surface area (Å²) >= 11 is 0. The summed E-state index contributed by atoms with van der Waals surface area (Å²) < 4.78 is 0. The molecule has 0 radical (unpaired) electrons. The van der Waals surface area contributed by atoms with Crippen molar-refractivity contribution >= 4 is 17.3 Å². The molecular weight excluding hydrogens is 260 g/mol. The Bertz CT molecular complexity index is 602. The van der Waals surface area contributed by atoms with Crippen molar-refractivity contribution in [3.8, 4) is 0 Å². The van der Waals surface area contributed by atoms with E-state index < -0.39 is 0 Å². The SMILES string of the molecule is CCCNc1ncnc(N(C)c2cc(C)cc(C)c2)c1C. The highest BCUT2D eigenvalue weighted by Gasteiger charge is 2.12. The van der Waals surface area contributed by atoms with Crippen LogP contribution in [-0.4, -0.2) is 23.6 Å². The molecule has 1 aromatic heterocycles. The number of hydrogen-bond acceptors (Lipinski definition) is 4. The number of aromatic nitrogens is 2. The van der Waals surface area contributed by atoms with Crippen molar-refractivity contribution < 1.29 is 0 Å². The maximum Gasteiger partial charge on any atom is 0.141 e. The predicted octanol–water partition coefficient (Wildman–Crippen LogP) is 3.99. The lowest BCUT2D eigenvalue weighted by Crippen LogP contribution is -2.15. The van der Waals surface area contributed by atoms with Crippen LogP contribution in [-0.2, 0) is 0 Å². The Morgan fingerprint density at radius 1 is 1.05 bits per heavy atom. The number of benzene rings is 1. The molecule has 0 aliphatic heterocycles. The second kappa shape index (κ2) is 6.57. The monoisotopic (exact) mass is 284 g/mol. The Hall–Kier alpha value is -2.10. The van der Waals surface area contributed by atoms with Gasteiger partial charge in [-0.1, -0.05) is 13.0 Å². The summed E-state index contributed by atoms with van der Waals surface area (Å²) in [6.45, 7) is 9.36. The number of hydrogen-bond donors (Lipinski definition) is 1. The number of nitrogens with one attached hydrogen (secondary N) is 1. The lowest BCUT2D eigenvalue weighted by Gasteiger charge is -2.22. The van der Waals surface area contributed by atoms with Crippen LogP contribution >= 0.6 is 0 Å². The molecule has 0 spiro atoms. The standard InChI is InChI=1S/C17H24N4/c1-6-7-18-16-14(4)17(20-11-19-16)21(5)15-9-12(2)8-13(3)10-15/h8-11H,6-7H2,1-5H3,(H,18,19,20). The topological polar surface area (TPSA) is 41.1 Å². The quantitative estimate of drug-likeness (QED) is 0.901. The molecule has 0 amide bonds. The second-order valence-electron chi connectivity index (χ2n) is 5.50. The first-order chi connectivity index (χ1) is 10.0. The van der Waals surface area contributed by atoms with Crippen LogP contribution in [0.15, 0.2) is 24.5 Å². The minimum absolute atomic E-state index is 0.915. The van der Waals surface area contributed by atoms with Gasteiger partial charge in [-0.2, -0.15) is 0 Å². The van der Waals surface area contributed by atoms with Crippen molar-refractivity contribution in [2.75, 3.05) is 23.8 Å². The van der Waals surface area contributed by atoms with Crippen LogP contribution in [0.3, 0.4) is 0 Å². The van der Waals surface area contributed by atoms with Crippen LogP contribution < -0.4 is 10.2 Å². The van der Waals surface area contributed by atoms with E-state index in [1.807, 2.05) is 7.05 Å². The van der Waals surface area contributed by atoms with Crippen LogP contribution in [0, 0.1) is 20.8 Å². The number of aryl methyl sites for hydroxylation is 2. The van der Waals surface area contributed by atoms with E-state index in [1.165, 1.54) is 11.1 Å². The Morgan fingerprint density at radius 2 is 1.71 bits per heavy atom. The van der Waals surface area contributed by atoms with Gasteiger partial charge in [-0.25, -0.2) is 9.97 Å². The average Bonchev–Trinajstić information content (AvgIpc) is 2.44. The number of nitrogens with zero attached hydrogens (tertiary/aromatic N) is 3. The van der Waals surface area contributed by atoms with E-state index in [9.17, 15) is 0 Å². The Labute approximate surface area is 127 Å². The fourth-order valence-electron chi connectivity index (χ4n) is 2.47. The molecule has 1 N–H and O–H groups in total. The summed E-state index contributed by atoms with van der Waals surface area (Å²) in [6, 6.07) is 6.53. The molecule has 1 aromatic carbocycles. The number of rotatable bonds is 5. The van der Waals surface area contributed by atoms with Crippen molar-refractivity contribution in [2.45, 2.75) is 34.1 Å². The van der Waals surface area contributed by atoms with Crippen LogP contribution in [0.1, 0.15) is 30.0 Å². The third-order valence-electron chi connectivity index (χ3n) is 3.51. The Balaban J connectivity index is 2.36. The van der Waals surface area contributed by atoms with E-state index in [-0.39, 0.29) is 0 Å². The molecule has 0 saturated heterocycles. The largest absolute Gasteiger partial charge is 0.370 e. The first kappa shape index (κ1) is 15.3. The number of anilines is 3. The molecule has 4 nitrogen and oxygen atoms in total. The van der Waals surface area contributed by atoms with Gasteiger partial charge in [-0.05, 0) is 50.5 Å². The molecule has 0 bridgehead atoms. The van der Waals surface area contributed by atoms with E-state index in [2.05, 4.69) is 66.1 Å². The minimum atomic E-state index is 0.915. The first-order valence-corrected chi connectivity index (χ1v) is 7.40. The van der Waals surface area contributed by atoms with Crippen molar-refractivity contribution in [1.29, 1.82) is 0 Å². The molecule has 0 aliphatic carbocycles. The van der Waals surface area contributed by atoms with Gasteiger partial charge in [0.2, 0.25) is 0 Å². The van der Waals surface area contributed by atoms with Gasteiger partial charge in [0.05, 0.1) is 0 Å². The van der Waals surface area contributed by atoms with Gasteiger partial charge in [-0.15, -0.1) is 0 Å². The summed E-state index contributed by atoms with van der Waals surface area (Å²) in [7, 11) is 2.05. The Morgan fingerprint density at radius 3 is 2.33 bits per heavy atom. The fourth-order valence-corrected chi connectivity index (χ4v) is 2.47. The van der Waals surface area contributed by atoms with Crippen LogP contribution in [0.25, 0.3) is 0 Å². The molecule has 0 fully saturated rings. The van der Waals surface area contributed by atoms with Gasteiger partial charge in [0.25, 0.3) is 0 Å². The molecule has 0 saturated carbocycles. The predicted molar refractivity (Wildman–Crippen MR) is 89.5 cm³/mol. The van der Waals surface area contributed by atoms with Crippen molar-refractivity contribution in [3.05, 3.63) is 41.2 Å². The van der Waals surface area contributed by atoms with E-state index in [0.717, 1.165) is 35.9 Å². The van der Waals surface area contributed by atoms with Gasteiger partial charge < -0.3 is 10.2 Å². The van der Waals surface area contributed by atoms with Gasteiger partial charge in [-0.3, -0.25) is 0 Å². The van der Waals surface area contributed by atoms with E-state index in [1.54, 1.807) is 6.33 Å². The van der Waals surface area contributed by atoms with E-state index in [4.69, 9.17) is 0 Å². The highest BCUT2D eigenvalue weighted by Crippen LogP contribution is 2.28. The third-order valence-corrected chi connectivity index (χ3v) is 3.51. The molecule has 2 aromatic rings. The zero-order chi connectivity index (χ0) is 15.4. The molecule has 0 unspecified atom stereocenters. The van der Waals surface area contributed by atoms with Crippen LogP contribution in [0.4, 0.5) is 17.3 Å². The van der Waals surface area contributed by atoms with Gasteiger partial charge in [0.1, 0.15) is 18.0 Å². The molecule has 1 heterocycles. The normalized spacial score (nSPS) is 10.5. The van der Waals surface area contributed by atoms with Crippen molar-refractivity contribution in [2.24, 2.45) is 0 Å². The second-order valence-corrected chi connectivity index (χ2v) is 5.50. The average molecular weight is 284 g/mol. The highest BCUT2D eigenvalue weighted by atomic mass is 15.2. The maximum absolute atomic E-state index is 4.46. The summed E-state index contributed by atoms with van der Waals surface area (Å²) in [4.78, 5) is 10.9. The zero-order valence-electron chi connectivity index (χ0n) is 13.6. The molecule has 4 heteroatoms. The molecule has 112 valence electrons. The lowest BCUT2D eigenvalue weighted by atomic mass is 10.1.